The number of ether oxygens (including phenoxy) is 1. The first-order chi connectivity index (χ1) is 8.58. The van der Waals surface area contributed by atoms with Crippen molar-refractivity contribution in [2.45, 2.75) is 51.2 Å². The molecule has 1 aliphatic heterocycles. The molecule has 1 saturated heterocycles. The molecule has 0 aromatic rings. The monoisotopic (exact) mass is 274 g/mol. The number of nitrogens with one attached hydrogen (secondary N) is 1. The number of carbonyl (C=O) groups excluding carboxylic acids is 1. The van der Waals surface area contributed by atoms with E-state index in [2.05, 4.69) is 5.32 Å². The number of rotatable bonds is 9. The van der Waals surface area contributed by atoms with E-state index in [1.54, 1.807) is 0 Å². The lowest BCUT2D eigenvalue weighted by atomic mass is 9.95. The number of hydrogen-bond acceptors (Lipinski definition) is 4. The third-order valence-corrected chi connectivity index (χ3v) is 4.59. The largest absolute Gasteiger partial charge is 0.377 e. The Morgan fingerprint density at radius 3 is 2.94 bits per heavy atom. The van der Waals surface area contributed by atoms with Crippen molar-refractivity contribution in [2.75, 3.05) is 24.7 Å². The zero-order valence-electron chi connectivity index (χ0n) is 11.5. The molecule has 106 valence electrons. The first kappa shape index (κ1) is 15.8. The summed E-state index contributed by atoms with van der Waals surface area (Å²) >= 11 is 1.92. The number of thioether (sulfide) groups is 1. The number of nitrogens with two attached hydrogens (primary N) is 1. The van der Waals surface area contributed by atoms with Crippen molar-refractivity contribution in [3.05, 3.63) is 0 Å². The van der Waals surface area contributed by atoms with Gasteiger partial charge in [0.15, 0.2) is 0 Å². The highest BCUT2D eigenvalue weighted by Crippen LogP contribution is 2.19. The van der Waals surface area contributed by atoms with Crippen LogP contribution in [0.5, 0.6) is 0 Å². The van der Waals surface area contributed by atoms with Crippen LogP contribution in [0.2, 0.25) is 0 Å². The second-order valence-electron chi connectivity index (χ2n) is 5.04. The van der Waals surface area contributed by atoms with Gasteiger partial charge in [0.05, 0.1) is 11.6 Å². The van der Waals surface area contributed by atoms with Crippen LogP contribution in [0.15, 0.2) is 0 Å². The van der Waals surface area contributed by atoms with E-state index in [0.717, 1.165) is 37.5 Å². The van der Waals surface area contributed by atoms with Crippen LogP contribution in [0, 0.1) is 0 Å². The summed E-state index contributed by atoms with van der Waals surface area (Å²) in [5.74, 6) is 1.89. The van der Waals surface area contributed by atoms with E-state index < -0.39 is 5.54 Å². The van der Waals surface area contributed by atoms with Gasteiger partial charge in [0.2, 0.25) is 5.91 Å². The molecule has 1 aliphatic rings. The van der Waals surface area contributed by atoms with Gasteiger partial charge in [-0.05, 0) is 44.9 Å². The summed E-state index contributed by atoms with van der Waals surface area (Å²) < 4.78 is 5.57. The van der Waals surface area contributed by atoms with Gasteiger partial charge in [0.1, 0.15) is 0 Å². The first-order valence-corrected chi connectivity index (χ1v) is 7.98. The van der Waals surface area contributed by atoms with Gasteiger partial charge in [0, 0.05) is 12.4 Å². The van der Waals surface area contributed by atoms with Crippen LogP contribution in [0.25, 0.3) is 0 Å². The molecule has 1 fully saturated rings. The minimum Gasteiger partial charge on any atom is -0.377 e. The molecule has 2 atom stereocenters. The number of amides is 1. The van der Waals surface area contributed by atoms with E-state index in [4.69, 9.17) is 10.5 Å². The van der Waals surface area contributed by atoms with Crippen molar-refractivity contribution in [1.82, 2.24) is 5.32 Å². The quantitative estimate of drug-likeness (QED) is 0.626. The molecule has 0 aliphatic carbocycles. The lowest BCUT2D eigenvalue weighted by Gasteiger charge is -2.26. The van der Waals surface area contributed by atoms with E-state index in [-0.39, 0.29) is 5.91 Å². The van der Waals surface area contributed by atoms with Gasteiger partial charge in [0.25, 0.3) is 0 Å². The Balaban J connectivity index is 2.12. The maximum atomic E-state index is 11.4. The average molecular weight is 274 g/mol. The zero-order chi connectivity index (χ0) is 13.4. The molecule has 0 spiro atoms. The third-order valence-electron chi connectivity index (χ3n) is 3.40. The molecule has 2 unspecified atom stereocenters. The SMILES string of the molecule is CCNC(C)(CCCSCC1CCCO1)C(N)=O. The second-order valence-corrected chi connectivity index (χ2v) is 6.19. The molecular formula is C13H26N2O2S. The Bertz CT molecular complexity index is 257. The molecule has 0 aromatic heterocycles. The van der Waals surface area contributed by atoms with E-state index in [0.29, 0.717) is 6.10 Å². The van der Waals surface area contributed by atoms with Gasteiger partial charge < -0.3 is 15.8 Å². The van der Waals surface area contributed by atoms with Crippen LogP contribution in [0.3, 0.4) is 0 Å². The van der Waals surface area contributed by atoms with Crippen molar-refractivity contribution in [2.24, 2.45) is 5.73 Å². The molecule has 18 heavy (non-hydrogen) atoms. The average Bonchev–Trinajstić information content (AvgIpc) is 2.81. The maximum Gasteiger partial charge on any atom is 0.237 e. The van der Waals surface area contributed by atoms with Crippen LogP contribution in [0.1, 0.15) is 39.5 Å². The molecule has 0 radical (unpaired) electrons. The van der Waals surface area contributed by atoms with E-state index in [1.807, 2.05) is 25.6 Å². The molecule has 1 heterocycles. The van der Waals surface area contributed by atoms with Crippen molar-refractivity contribution < 1.29 is 9.53 Å². The van der Waals surface area contributed by atoms with Gasteiger partial charge in [-0.1, -0.05) is 6.92 Å². The van der Waals surface area contributed by atoms with Crippen molar-refractivity contribution in [3.8, 4) is 0 Å². The minimum absolute atomic E-state index is 0.256. The maximum absolute atomic E-state index is 11.4. The lowest BCUT2D eigenvalue weighted by molar-refractivity contribution is -0.124. The summed E-state index contributed by atoms with van der Waals surface area (Å²) in [6.45, 7) is 5.57. The molecular weight excluding hydrogens is 248 g/mol. The summed E-state index contributed by atoms with van der Waals surface area (Å²) in [4.78, 5) is 11.4. The fourth-order valence-corrected chi connectivity index (χ4v) is 3.25. The molecule has 5 heteroatoms. The molecule has 0 aromatic carbocycles. The number of carbonyl (C=O) groups is 1. The summed E-state index contributed by atoms with van der Waals surface area (Å²) in [5.41, 5.74) is 4.89. The van der Waals surface area contributed by atoms with Crippen LogP contribution < -0.4 is 11.1 Å². The molecule has 0 saturated carbocycles. The van der Waals surface area contributed by atoms with Crippen molar-refractivity contribution in [3.63, 3.8) is 0 Å². The Morgan fingerprint density at radius 2 is 2.39 bits per heavy atom. The summed E-state index contributed by atoms with van der Waals surface area (Å²) in [6, 6.07) is 0. The molecule has 0 bridgehead atoms. The smallest absolute Gasteiger partial charge is 0.237 e. The molecule has 1 rings (SSSR count). The van der Waals surface area contributed by atoms with Gasteiger partial charge >= 0.3 is 0 Å². The van der Waals surface area contributed by atoms with Crippen LogP contribution in [-0.2, 0) is 9.53 Å². The van der Waals surface area contributed by atoms with E-state index in [1.165, 1.54) is 12.8 Å². The van der Waals surface area contributed by atoms with Gasteiger partial charge in [-0.15, -0.1) is 0 Å². The predicted molar refractivity (Wildman–Crippen MR) is 76.8 cm³/mol. The fourth-order valence-electron chi connectivity index (χ4n) is 2.21. The fraction of sp³-hybridized carbons (Fsp3) is 0.923. The van der Waals surface area contributed by atoms with Crippen LogP contribution in [-0.4, -0.2) is 42.2 Å². The Labute approximate surface area is 114 Å². The molecule has 1 amide bonds. The third kappa shape index (κ3) is 5.16. The van der Waals surface area contributed by atoms with Crippen LogP contribution in [0.4, 0.5) is 0 Å². The Hall–Kier alpha value is -0.260. The van der Waals surface area contributed by atoms with Crippen LogP contribution >= 0.6 is 11.8 Å². The van der Waals surface area contributed by atoms with E-state index >= 15 is 0 Å². The predicted octanol–water partition coefficient (Wildman–Crippen LogP) is 1.53. The van der Waals surface area contributed by atoms with Crippen molar-refractivity contribution in [1.29, 1.82) is 0 Å². The lowest BCUT2D eigenvalue weighted by Crippen LogP contribution is -2.53. The highest BCUT2D eigenvalue weighted by molar-refractivity contribution is 7.99. The molecule has 3 N–H and O–H groups in total. The summed E-state index contributed by atoms with van der Waals surface area (Å²) in [5, 5.41) is 3.18. The summed E-state index contributed by atoms with van der Waals surface area (Å²) in [6.07, 6.45) is 4.65. The topological polar surface area (TPSA) is 64.3 Å². The number of likely N-dealkylation sites (N-methyl/N-ethyl adjacent to an activating group) is 1. The van der Waals surface area contributed by atoms with E-state index in [9.17, 15) is 4.79 Å². The minimum atomic E-state index is -0.556. The first-order valence-electron chi connectivity index (χ1n) is 6.83. The standard InChI is InChI=1S/C13H26N2O2S/c1-3-15-13(2,12(14)16)7-5-9-18-10-11-6-4-8-17-11/h11,15H,3-10H2,1-2H3,(H2,14,16). The number of primary amides is 1. The highest BCUT2D eigenvalue weighted by atomic mass is 32.2. The van der Waals surface area contributed by atoms with Gasteiger partial charge in [-0.3, -0.25) is 4.79 Å². The second kappa shape index (κ2) is 8.02. The number of hydrogen-bond donors (Lipinski definition) is 2. The zero-order valence-corrected chi connectivity index (χ0v) is 12.4. The Kier molecular flexibility index (Phi) is 7.04. The summed E-state index contributed by atoms with van der Waals surface area (Å²) in [7, 11) is 0. The van der Waals surface area contributed by atoms with Gasteiger partial charge in [-0.25, -0.2) is 0 Å². The Morgan fingerprint density at radius 1 is 1.61 bits per heavy atom. The highest BCUT2D eigenvalue weighted by Gasteiger charge is 2.28. The molecule has 4 nitrogen and oxygen atoms in total. The normalized spacial score (nSPS) is 22.9. The van der Waals surface area contributed by atoms with Crippen molar-refractivity contribution >= 4 is 17.7 Å². The van der Waals surface area contributed by atoms with Gasteiger partial charge in [-0.2, -0.15) is 11.8 Å².